The van der Waals surface area contributed by atoms with Crippen molar-refractivity contribution in [1.82, 2.24) is 10.2 Å². The Balaban J connectivity index is 1.43. The molecule has 3 rings (SSSR count). The van der Waals surface area contributed by atoms with Crippen LogP contribution >= 0.6 is 0 Å². The van der Waals surface area contributed by atoms with Crippen molar-refractivity contribution in [3.63, 3.8) is 0 Å². The summed E-state index contributed by atoms with van der Waals surface area (Å²) >= 11 is 0. The number of nitrogens with one attached hydrogen (secondary N) is 2. The minimum absolute atomic E-state index is 0.329. The van der Waals surface area contributed by atoms with Gasteiger partial charge in [-0.1, -0.05) is 0 Å². The molecule has 2 heterocycles. The van der Waals surface area contributed by atoms with Crippen molar-refractivity contribution in [2.75, 3.05) is 45.7 Å². The number of carbonyl (C=O) groups excluding carboxylic acids is 1. The highest BCUT2D eigenvalue weighted by atomic mass is 16.5. The fourth-order valence-electron chi connectivity index (χ4n) is 4.06. The Bertz CT molecular complexity index is 586. The summed E-state index contributed by atoms with van der Waals surface area (Å²) in [5, 5.41) is 6.96. The molecule has 6 heteroatoms. The molecule has 0 radical (unpaired) electrons. The highest BCUT2D eigenvalue weighted by Gasteiger charge is 2.24. The summed E-state index contributed by atoms with van der Waals surface area (Å²) in [5.74, 6) is 2.61. The van der Waals surface area contributed by atoms with Crippen molar-refractivity contribution in [3.8, 4) is 11.5 Å². The Kier molecular flexibility index (Phi) is 7.21. The van der Waals surface area contributed by atoms with Crippen molar-refractivity contribution in [3.05, 3.63) is 18.2 Å². The van der Waals surface area contributed by atoms with E-state index < -0.39 is 0 Å². The monoisotopic (exact) mass is 375 g/mol. The van der Waals surface area contributed by atoms with Crippen LogP contribution in [0.3, 0.4) is 0 Å². The molecule has 6 nitrogen and oxygen atoms in total. The van der Waals surface area contributed by atoms with E-state index in [1.807, 2.05) is 23.1 Å². The van der Waals surface area contributed by atoms with Crippen molar-refractivity contribution in [2.45, 2.75) is 44.6 Å². The maximum atomic E-state index is 12.5. The first-order valence-electron chi connectivity index (χ1n) is 10.2. The minimum atomic E-state index is 0.329. The van der Waals surface area contributed by atoms with Crippen LogP contribution in [0.5, 0.6) is 11.5 Å². The van der Waals surface area contributed by atoms with Crippen molar-refractivity contribution in [1.29, 1.82) is 0 Å². The SMILES string of the molecule is COc1cc(NC2CCN(C(=O)CCC3CCNCC3)CC2)cc(OC)c1. The Hall–Kier alpha value is -1.95. The number of hydrogen-bond acceptors (Lipinski definition) is 5. The number of methoxy groups -OCH3 is 2. The normalized spacial score (nSPS) is 19.0. The lowest BCUT2D eigenvalue weighted by molar-refractivity contribution is -0.132. The Labute approximate surface area is 162 Å². The van der Waals surface area contributed by atoms with E-state index in [0.29, 0.717) is 18.4 Å². The number of ether oxygens (including phenoxy) is 2. The highest BCUT2D eigenvalue weighted by molar-refractivity contribution is 5.76. The Morgan fingerprint density at radius 3 is 2.30 bits per heavy atom. The number of anilines is 1. The molecule has 1 aromatic rings. The average molecular weight is 376 g/mol. The Morgan fingerprint density at radius 2 is 1.70 bits per heavy atom. The van der Waals surface area contributed by atoms with Crippen LogP contribution in [0, 0.1) is 5.92 Å². The van der Waals surface area contributed by atoms with Crippen LogP contribution in [0.25, 0.3) is 0 Å². The fourth-order valence-corrected chi connectivity index (χ4v) is 4.06. The molecule has 27 heavy (non-hydrogen) atoms. The summed E-state index contributed by atoms with van der Waals surface area (Å²) in [6, 6.07) is 6.21. The van der Waals surface area contributed by atoms with E-state index in [2.05, 4.69) is 10.6 Å². The van der Waals surface area contributed by atoms with Gasteiger partial charge in [-0.25, -0.2) is 0 Å². The third-order valence-electron chi connectivity index (χ3n) is 5.80. The number of rotatable bonds is 7. The van der Waals surface area contributed by atoms with Crippen LogP contribution in [-0.4, -0.2) is 57.2 Å². The second-order valence-electron chi connectivity index (χ2n) is 7.63. The zero-order valence-electron chi connectivity index (χ0n) is 16.6. The van der Waals surface area contributed by atoms with Gasteiger partial charge in [0.15, 0.2) is 0 Å². The van der Waals surface area contributed by atoms with E-state index in [4.69, 9.17) is 9.47 Å². The van der Waals surface area contributed by atoms with Gasteiger partial charge in [-0.15, -0.1) is 0 Å². The van der Waals surface area contributed by atoms with Crippen LogP contribution in [0.2, 0.25) is 0 Å². The van der Waals surface area contributed by atoms with Crippen LogP contribution in [0.1, 0.15) is 38.5 Å². The van der Waals surface area contributed by atoms with Gasteiger partial charge in [0, 0.05) is 49.4 Å². The van der Waals surface area contributed by atoms with Gasteiger partial charge in [-0.3, -0.25) is 4.79 Å². The van der Waals surface area contributed by atoms with E-state index in [9.17, 15) is 4.79 Å². The predicted octanol–water partition coefficient (Wildman–Crippen LogP) is 2.89. The maximum absolute atomic E-state index is 12.5. The summed E-state index contributed by atoms with van der Waals surface area (Å²) in [6.45, 7) is 3.88. The van der Waals surface area contributed by atoms with Gasteiger partial charge in [0.2, 0.25) is 5.91 Å². The molecule has 1 amide bonds. The maximum Gasteiger partial charge on any atom is 0.222 e. The quantitative estimate of drug-likeness (QED) is 0.767. The molecule has 0 aliphatic carbocycles. The third-order valence-corrected chi connectivity index (χ3v) is 5.80. The first-order valence-corrected chi connectivity index (χ1v) is 10.2. The number of likely N-dealkylation sites (tertiary alicyclic amines) is 1. The number of nitrogens with zero attached hydrogens (tertiary/aromatic N) is 1. The second kappa shape index (κ2) is 9.83. The molecule has 2 aliphatic heterocycles. The lowest BCUT2D eigenvalue weighted by atomic mass is 9.93. The first kappa shape index (κ1) is 19.8. The van der Waals surface area contributed by atoms with Gasteiger partial charge >= 0.3 is 0 Å². The minimum Gasteiger partial charge on any atom is -0.497 e. The molecular formula is C21H33N3O3. The lowest BCUT2D eigenvalue weighted by Gasteiger charge is -2.33. The number of benzene rings is 1. The zero-order valence-corrected chi connectivity index (χ0v) is 16.6. The van der Waals surface area contributed by atoms with E-state index in [1.165, 1.54) is 12.8 Å². The van der Waals surface area contributed by atoms with Gasteiger partial charge in [0.05, 0.1) is 14.2 Å². The first-order chi connectivity index (χ1) is 13.2. The highest BCUT2D eigenvalue weighted by Crippen LogP contribution is 2.27. The average Bonchev–Trinajstić information content (AvgIpc) is 2.73. The molecule has 0 bridgehead atoms. The summed E-state index contributed by atoms with van der Waals surface area (Å²) in [6.07, 6.45) is 6.11. The standard InChI is InChI=1S/C21H33N3O3/c1-26-19-13-18(14-20(15-19)27-2)23-17-7-11-24(12-8-17)21(25)4-3-16-5-9-22-10-6-16/h13-17,22-23H,3-12H2,1-2H3. The molecular weight excluding hydrogens is 342 g/mol. The Morgan fingerprint density at radius 1 is 1.07 bits per heavy atom. The van der Waals surface area contributed by atoms with Gasteiger partial charge in [-0.05, 0) is 51.1 Å². The molecule has 2 N–H and O–H groups in total. The lowest BCUT2D eigenvalue weighted by Crippen LogP contribution is -2.42. The molecule has 2 fully saturated rings. The van der Waals surface area contributed by atoms with Gasteiger partial charge in [0.1, 0.15) is 11.5 Å². The molecule has 0 unspecified atom stereocenters. The number of carbonyl (C=O) groups is 1. The fraction of sp³-hybridized carbons (Fsp3) is 0.667. The predicted molar refractivity (Wildman–Crippen MR) is 108 cm³/mol. The molecule has 2 saturated heterocycles. The van der Waals surface area contributed by atoms with Gasteiger partial charge in [-0.2, -0.15) is 0 Å². The second-order valence-corrected chi connectivity index (χ2v) is 7.63. The van der Waals surface area contributed by atoms with Gasteiger partial charge in [0.25, 0.3) is 0 Å². The van der Waals surface area contributed by atoms with E-state index >= 15 is 0 Å². The summed E-state index contributed by atoms with van der Waals surface area (Å²) < 4.78 is 10.7. The van der Waals surface area contributed by atoms with Crippen LogP contribution in [0.4, 0.5) is 5.69 Å². The van der Waals surface area contributed by atoms with Crippen LogP contribution < -0.4 is 20.1 Å². The summed E-state index contributed by atoms with van der Waals surface area (Å²) in [4.78, 5) is 14.6. The van der Waals surface area contributed by atoms with E-state index in [-0.39, 0.29) is 0 Å². The van der Waals surface area contributed by atoms with E-state index in [0.717, 1.165) is 68.5 Å². The molecule has 1 aromatic carbocycles. The van der Waals surface area contributed by atoms with Crippen molar-refractivity contribution in [2.24, 2.45) is 5.92 Å². The van der Waals surface area contributed by atoms with Crippen molar-refractivity contribution >= 4 is 11.6 Å². The molecule has 0 spiro atoms. The molecule has 0 aromatic heterocycles. The largest absolute Gasteiger partial charge is 0.497 e. The molecule has 150 valence electrons. The number of hydrogen-bond donors (Lipinski definition) is 2. The molecule has 0 atom stereocenters. The number of amides is 1. The van der Waals surface area contributed by atoms with Gasteiger partial charge < -0.3 is 25.0 Å². The van der Waals surface area contributed by atoms with E-state index in [1.54, 1.807) is 14.2 Å². The van der Waals surface area contributed by atoms with Crippen molar-refractivity contribution < 1.29 is 14.3 Å². The zero-order chi connectivity index (χ0) is 19.1. The van der Waals surface area contributed by atoms with Crippen LogP contribution in [-0.2, 0) is 4.79 Å². The topological polar surface area (TPSA) is 62.8 Å². The smallest absolute Gasteiger partial charge is 0.222 e. The third kappa shape index (κ3) is 5.76. The molecule has 2 aliphatic rings. The summed E-state index contributed by atoms with van der Waals surface area (Å²) in [5.41, 5.74) is 1.00. The summed E-state index contributed by atoms with van der Waals surface area (Å²) in [7, 11) is 3.32. The number of piperidine rings is 2. The molecule has 0 saturated carbocycles. The van der Waals surface area contributed by atoms with Crippen LogP contribution in [0.15, 0.2) is 18.2 Å².